The van der Waals surface area contributed by atoms with Crippen LogP contribution in [0.15, 0.2) is 33.1 Å². The third-order valence-corrected chi connectivity index (χ3v) is 5.58. The fourth-order valence-corrected chi connectivity index (χ4v) is 3.59. The molecule has 10 heteroatoms. The highest BCUT2D eigenvalue weighted by Gasteiger charge is 2.22. The monoisotopic (exact) mass is 427 g/mol. The summed E-state index contributed by atoms with van der Waals surface area (Å²) in [6, 6.07) is 7.37. The van der Waals surface area contributed by atoms with Crippen LogP contribution in [0.2, 0.25) is 0 Å². The molecule has 1 aliphatic rings. The van der Waals surface area contributed by atoms with Gasteiger partial charge in [-0.15, -0.1) is 10.2 Å². The lowest BCUT2D eigenvalue weighted by Crippen LogP contribution is -2.42. The van der Waals surface area contributed by atoms with Gasteiger partial charge >= 0.3 is 0 Å². The smallest absolute Gasteiger partial charge is 0.269 e. The lowest BCUT2D eigenvalue weighted by atomic mass is 10.2. The van der Waals surface area contributed by atoms with Gasteiger partial charge < -0.3 is 5.32 Å². The Labute approximate surface area is 155 Å². The highest BCUT2D eigenvalue weighted by Crippen LogP contribution is 2.29. The van der Waals surface area contributed by atoms with Crippen LogP contribution in [0.3, 0.4) is 0 Å². The lowest BCUT2D eigenvalue weighted by Gasteiger charge is -2.06. The van der Waals surface area contributed by atoms with Gasteiger partial charge in [-0.05, 0) is 37.1 Å². The van der Waals surface area contributed by atoms with E-state index in [1.165, 1.54) is 35.9 Å². The van der Waals surface area contributed by atoms with Gasteiger partial charge in [0.05, 0.1) is 5.75 Å². The van der Waals surface area contributed by atoms with Crippen molar-refractivity contribution in [2.45, 2.75) is 23.2 Å². The highest BCUT2D eigenvalue weighted by molar-refractivity contribution is 9.10. The number of aromatic nitrogens is 2. The van der Waals surface area contributed by atoms with Gasteiger partial charge in [-0.2, -0.15) is 0 Å². The first kappa shape index (κ1) is 17.2. The van der Waals surface area contributed by atoms with E-state index in [1.807, 2.05) is 0 Å². The summed E-state index contributed by atoms with van der Waals surface area (Å²) in [5.41, 5.74) is 5.23. The van der Waals surface area contributed by atoms with Gasteiger partial charge in [-0.3, -0.25) is 20.4 Å². The number of anilines is 1. The Hall–Kier alpha value is -1.65. The summed E-state index contributed by atoms with van der Waals surface area (Å²) in [4.78, 5) is 23.7. The number of hydrazine groups is 1. The largest absolute Gasteiger partial charge is 0.357 e. The summed E-state index contributed by atoms with van der Waals surface area (Å²) in [5.74, 6) is -0.524. The number of halogens is 1. The molecule has 2 amide bonds. The third kappa shape index (κ3) is 5.18. The summed E-state index contributed by atoms with van der Waals surface area (Å²) in [6.07, 6.45) is 2.34. The number of rotatable bonds is 6. The fraction of sp³-hybridized carbons (Fsp3) is 0.286. The van der Waals surface area contributed by atoms with Crippen LogP contribution in [-0.4, -0.2) is 33.8 Å². The number of benzene rings is 1. The second-order valence-corrected chi connectivity index (χ2v) is 8.21. The number of hydrogen-bond acceptors (Lipinski definition) is 7. The van der Waals surface area contributed by atoms with E-state index in [0.717, 1.165) is 9.60 Å². The predicted octanol–water partition coefficient (Wildman–Crippen LogP) is 2.43. The normalized spacial score (nSPS) is 13.4. The van der Waals surface area contributed by atoms with Crippen LogP contribution < -0.4 is 16.2 Å². The fourth-order valence-electron chi connectivity index (χ4n) is 1.69. The number of hydrogen-bond donors (Lipinski definition) is 3. The van der Waals surface area contributed by atoms with E-state index in [1.54, 1.807) is 24.3 Å². The van der Waals surface area contributed by atoms with Crippen LogP contribution in [0.5, 0.6) is 0 Å². The summed E-state index contributed by atoms with van der Waals surface area (Å²) < 4.78 is 1.60. The molecule has 3 N–H and O–H groups in total. The van der Waals surface area contributed by atoms with Crippen molar-refractivity contribution in [2.24, 2.45) is 0 Å². The van der Waals surface area contributed by atoms with Crippen molar-refractivity contribution < 1.29 is 9.59 Å². The molecule has 1 aromatic carbocycles. The van der Waals surface area contributed by atoms with Crippen LogP contribution in [0.4, 0.5) is 5.13 Å². The van der Waals surface area contributed by atoms with Gasteiger partial charge in [0.2, 0.25) is 11.0 Å². The van der Waals surface area contributed by atoms with Crippen LogP contribution in [0.1, 0.15) is 23.2 Å². The Morgan fingerprint density at radius 2 is 1.96 bits per heavy atom. The van der Waals surface area contributed by atoms with Crippen LogP contribution in [0, 0.1) is 0 Å². The zero-order valence-electron chi connectivity index (χ0n) is 12.4. The second kappa shape index (κ2) is 7.95. The second-order valence-electron chi connectivity index (χ2n) is 5.09. The number of nitrogens with zero attached hydrogens (tertiary/aromatic N) is 2. The molecule has 2 aromatic rings. The highest BCUT2D eigenvalue weighted by atomic mass is 79.9. The summed E-state index contributed by atoms with van der Waals surface area (Å²) in [7, 11) is 0. The van der Waals surface area contributed by atoms with Crippen LogP contribution >= 0.6 is 39.0 Å². The molecule has 0 saturated heterocycles. The first-order valence-corrected chi connectivity index (χ1v) is 9.77. The van der Waals surface area contributed by atoms with Crippen LogP contribution in [0.25, 0.3) is 0 Å². The molecule has 3 rings (SSSR count). The van der Waals surface area contributed by atoms with E-state index in [2.05, 4.69) is 42.3 Å². The minimum atomic E-state index is -0.368. The maximum absolute atomic E-state index is 11.9. The molecule has 24 heavy (non-hydrogen) atoms. The molecule has 1 saturated carbocycles. The molecule has 0 atom stereocenters. The van der Waals surface area contributed by atoms with Gasteiger partial charge in [0, 0.05) is 16.1 Å². The minimum absolute atomic E-state index is 0.151. The van der Waals surface area contributed by atoms with Crippen molar-refractivity contribution >= 4 is 56.0 Å². The molecule has 0 unspecified atom stereocenters. The number of amides is 2. The van der Waals surface area contributed by atoms with E-state index < -0.39 is 0 Å². The van der Waals surface area contributed by atoms with E-state index in [-0.39, 0.29) is 17.6 Å². The average molecular weight is 428 g/mol. The van der Waals surface area contributed by atoms with Gasteiger partial charge in [0.15, 0.2) is 4.34 Å². The van der Waals surface area contributed by atoms with Crippen LogP contribution in [-0.2, 0) is 4.79 Å². The minimum Gasteiger partial charge on any atom is -0.357 e. The summed E-state index contributed by atoms with van der Waals surface area (Å²) in [6.45, 7) is 0. The molecule has 1 fully saturated rings. The zero-order valence-corrected chi connectivity index (χ0v) is 15.6. The van der Waals surface area contributed by atoms with Gasteiger partial charge in [0.1, 0.15) is 0 Å². The van der Waals surface area contributed by atoms with E-state index in [0.29, 0.717) is 15.9 Å². The Balaban J connectivity index is 1.39. The van der Waals surface area contributed by atoms with Crippen molar-refractivity contribution in [2.75, 3.05) is 11.1 Å². The maximum atomic E-state index is 11.9. The zero-order chi connectivity index (χ0) is 16.9. The summed E-state index contributed by atoms with van der Waals surface area (Å²) in [5, 5.41) is 12.1. The van der Waals surface area contributed by atoms with Crippen molar-refractivity contribution in [3.05, 3.63) is 34.3 Å². The first-order chi connectivity index (χ1) is 11.6. The molecule has 0 radical (unpaired) electrons. The molecule has 126 valence electrons. The Morgan fingerprint density at radius 1 is 1.21 bits per heavy atom. The standard InChI is InChI=1S/C14H14BrN5O2S2/c15-9-3-1-8(2-4-9)12(22)18-17-11(21)7-23-14-20-19-13(24-14)16-10-5-6-10/h1-4,10H,5-7H2,(H,16,19)(H,17,21)(H,18,22). The van der Waals surface area contributed by atoms with Crippen molar-refractivity contribution in [3.63, 3.8) is 0 Å². The molecular formula is C14H14BrN5O2S2. The van der Waals surface area contributed by atoms with E-state index >= 15 is 0 Å². The average Bonchev–Trinajstić information content (AvgIpc) is 3.28. The molecule has 0 aliphatic heterocycles. The number of thioether (sulfide) groups is 1. The first-order valence-electron chi connectivity index (χ1n) is 7.18. The molecule has 1 heterocycles. The van der Waals surface area contributed by atoms with Crippen molar-refractivity contribution in [3.8, 4) is 0 Å². The third-order valence-electron chi connectivity index (χ3n) is 3.06. The molecule has 0 spiro atoms. The topological polar surface area (TPSA) is 96.0 Å². The number of nitrogens with one attached hydrogen (secondary N) is 3. The number of carbonyl (C=O) groups excluding carboxylic acids is 2. The lowest BCUT2D eigenvalue weighted by molar-refractivity contribution is -0.119. The van der Waals surface area contributed by atoms with Crippen molar-refractivity contribution in [1.29, 1.82) is 0 Å². The Kier molecular flexibility index (Phi) is 5.69. The Morgan fingerprint density at radius 3 is 2.67 bits per heavy atom. The number of carbonyl (C=O) groups is 2. The quantitative estimate of drug-likeness (QED) is 0.483. The maximum Gasteiger partial charge on any atom is 0.269 e. The van der Waals surface area contributed by atoms with E-state index in [4.69, 9.17) is 0 Å². The van der Waals surface area contributed by atoms with Gasteiger partial charge in [-0.1, -0.05) is 39.0 Å². The van der Waals surface area contributed by atoms with Crippen molar-refractivity contribution in [1.82, 2.24) is 21.0 Å². The SMILES string of the molecule is O=C(CSc1nnc(NC2CC2)s1)NNC(=O)c1ccc(Br)cc1. The molecule has 1 aliphatic carbocycles. The van der Waals surface area contributed by atoms with E-state index in [9.17, 15) is 9.59 Å². The summed E-state index contributed by atoms with van der Waals surface area (Å²) >= 11 is 6.00. The molecule has 0 bridgehead atoms. The Bertz CT molecular complexity index is 733. The molecular weight excluding hydrogens is 414 g/mol. The van der Waals surface area contributed by atoms with Gasteiger partial charge in [0.25, 0.3) is 5.91 Å². The van der Waals surface area contributed by atoms with Gasteiger partial charge in [-0.25, -0.2) is 0 Å². The molecule has 1 aromatic heterocycles. The predicted molar refractivity (Wildman–Crippen MR) is 97.0 cm³/mol. The molecule has 7 nitrogen and oxygen atoms in total.